The van der Waals surface area contributed by atoms with Gasteiger partial charge in [-0.05, 0) is 43.7 Å². The maximum atomic E-state index is 12.1. The molecule has 9 heteroatoms. The van der Waals surface area contributed by atoms with E-state index in [0.717, 1.165) is 33.4 Å². The summed E-state index contributed by atoms with van der Waals surface area (Å²) < 4.78 is 7.44. The highest BCUT2D eigenvalue weighted by Gasteiger charge is 2.10. The fourth-order valence-corrected chi connectivity index (χ4v) is 3.90. The highest BCUT2D eigenvalue weighted by Crippen LogP contribution is 2.25. The van der Waals surface area contributed by atoms with Crippen molar-refractivity contribution in [1.82, 2.24) is 20.0 Å². The van der Waals surface area contributed by atoms with E-state index in [2.05, 4.69) is 25.1 Å². The summed E-state index contributed by atoms with van der Waals surface area (Å²) in [5.74, 6) is -0.411. The van der Waals surface area contributed by atoms with Crippen molar-refractivity contribution in [3.05, 3.63) is 87.3 Å². The number of rotatable bonds is 7. The Morgan fingerprint density at radius 1 is 1.12 bits per heavy atom. The van der Waals surface area contributed by atoms with Crippen molar-refractivity contribution < 1.29 is 9.53 Å². The number of carbonyl (C=O) groups is 1. The molecule has 168 valence electrons. The lowest BCUT2D eigenvalue weighted by Gasteiger charge is -2.08. The number of halogens is 2. The normalized spacial score (nSPS) is 11.3. The van der Waals surface area contributed by atoms with Crippen LogP contribution in [0.5, 0.6) is 6.01 Å². The topological polar surface area (TPSA) is 81.4 Å². The lowest BCUT2D eigenvalue weighted by atomic mass is 10.2. The molecule has 7 nitrogen and oxygen atoms in total. The van der Waals surface area contributed by atoms with Gasteiger partial charge in [0, 0.05) is 50.6 Å². The van der Waals surface area contributed by atoms with Crippen LogP contribution in [0.25, 0.3) is 10.9 Å². The number of hydrazone groups is 1. The monoisotopic (exact) mass is 481 g/mol. The Balaban J connectivity index is 1.45. The van der Waals surface area contributed by atoms with E-state index in [9.17, 15) is 4.79 Å². The number of hydrogen-bond acceptors (Lipinski definition) is 5. The van der Waals surface area contributed by atoms with Crippen molar-refractivity contribution in [2.24, 2.45) is 5.10 Å². The van der Waals surface area contributed by atoms with Crippen LogP contribution in [0.2, 0.25) is 10.0 Å². The Labute approximate surface area is 201 Å². The Hall–Kier alpha value is -3.42. The van der Waals surface area contributed by atoms with Crippen LogP contribution < -0.4 is 10.2 Å². The lowest BCUT2D eigenvalue weighted by Crippen LogP contribution is -2.25. The quantitative estimate of drug-likeness (QED) is 0.299. The van der Waals surface area contributed by atoms with Crippen molar-refractivity contribution in [2.75, 3.05) is 6.61 Å². The van der Waals surface area contributed by atoms with Crippen LogP contribution in [0.4, 0.5) is 0 Å². The number of carbonyl (C=O) groups excluding carboxylic acids is 1. The number of nitrogens with zero attached hydrogens (tertiary/aromatic N) is 4. The fraction of sp³-hybridized carbons (Fsp3) is 0.167. The third-order valence-electron chi connectivity index (χ3n) is 4.86. The zero-order valence-electron chi connectivity index (χ0n) is 18.0. The number of amides is 1. The number of hydrogen-bond donors (Lipinski definition) is 1. The molecule has 1 amide bonds. The van der Waals surface area contributed by atoms with E-state index in [4.69, 9.17) is 27.9 Å². The number of aromatic nitrogens is 3. The summed E-state index contributed by atoms with van der Waals surface area (Å²) in [5.41, 5.74) is 6.84. The lowest BCUT2D eigenvalue weighted by molar-refractivity contribution is -0.123. The number of benzene rings is 2. The third-order valence-corrected chi connectivity index (χ3v) is 5.45. The van der Waals surface area contributed by atoms with E-state index in [0.29, 0.717) is 16.6 Å². The summed E-state index contributed by atoms with van der Waals surface area (Å²) in [5, 5.41) is 6.29. The summed E-state index contributed by atoms with van der Waals surface area (Å²) >= 11 is 12.4. The van der Waals surface area contributed by atoms with Gasteiger partial charge in [-0.1, -0.05) is 47.5 Å². The zero-order valence-corrected chi connectivity index (χ0v) is 19.6. The van der Waals surface area contributed by atoms with E-state index in [1.807, 2.05) is 62.5 Å². The number of aryl methyl sites for hydroxylation is 2. The van der Waals surface area contributed by atoms with Crippen molar-refractivity contribution in [3.63, 3.8) is 0 Å². The Morgan fingerprint density at radius 2 is 1.88 bits per heavy atom. The van der Waals surface area contributed by atoms with Gasteiger partial charge in [0.1, 0.15) is 0 Å². The van der Waals surface area contributed by atoms with Crippen LogP contribution in [0.15, 0.2) is 59.8 Å². The summed E-state index contributed by atoms with van der Waals surface area (Å²) in [6, 6.07) is 15.4. The molecule has 4 aromatic rings. The van der Waals surface area contributed by atoms with Crippen LogP contribution in [0, 0.1) is 13.8 Å². The standard InChI is InChI=1S/C24H21Cl2N5O2/c1-15-9-16(2)29-24(28-15)33-14-23(32)30-27-11-18-13-31(22-6-4-3-5-20(18)22)12-17-7-8-19(25)10-21(17)26/h3-11,13H,12,14H2,1-2H3,(H,30,32). The van der Waals surface area contributed by atoms with Crippen LogP contribution in [-0.2, 0) is 11.3 Å². The molecule has 0 atom stereocenters. The number of para-hydroxylation sites is 1. The predicted octanol–water partition coefficient (Wildman–Crippen LogP) is 4.93. The van der Waals surface area contributed by atoms with E-state index in [1.165, 1.54) is 0 Å². The molecule has 0 aliphatic heterocycles. The van der Waals surface area contributed by atoms with Crippen LogP contribution in [-0.4, -0.2) is 33.3 Å². The average Bonchev–Trinajstić information content (AvgIpc) is 3.11. The van der Waals surface area contributed by atoms with Crippen molar-refractivity contribution in [1.29, 1.82) is 0 Å². The second-order valence-corrected chi connectivity index (χ2v) is 8.32. The molecule has 2 aromatic carbocycles. The van der Waals surface area contributed by atoms with E-state index in [-0.39, 0.29) is 12.6 Å². The maximum Gasteiger partial charge on any atom is 0.317 e. The predicted molar refractivity (Wildman–Crippen MR) is 130 cm³/mol. The van der Waals surface area contributed by atoms with Gasteiger partial charge in [-0.25, -0.2) is 15.4 Å². The summed E-state index contributed by atoms with van der Waals surface area (Å²) in [7, 11) is 0. The second kappa shape index (κ2) is 10.0. The fourth-order valence-electron chi connectivity index (χ4n) is 3.44. The first-order chi connectivity index (χ1) is 15.9. The van der Waals surface area contributed by atoms with Crippen molar-refractivity contribution >= 4 is 46.2 Å². The first kappa shape index (κ1) is 22.8. The van der Waals surface area contributed by atoms with Gasteiger partial charge in [0.2, 0.25) is 0 Å². The highest BCUT2D eigenvalue weighted by molar-refractivity contribution is 6.35. The number of fused-ring (bicyclic) bond motifs is 1. The highest BCUT2D eigenvalue weighted by atomic mass is 35.5. The Kier molecular flexibility index (Phi) is 6.91. The zero-order chi connectivity index (χ0) is 23.4. The molecule has 0 spiro atoms. The molecule has 1 N–H and O–H groups in total. The van der Waals surface area contributed by atoms with Crippen molar-refractivity contribution in [2.45, 2.75) is 20.4 Å². The molecule has 0 fully saturated rings. The third kappa shape index (κ3) is 5.69. The van der Waals surface area contributed by atoms with E-state index >= 15 is 0 Å². The number of nitrogens with one attached hydrogen (secondary N) is 1. The minimum absolute atomic E-state index is 0.163. The smallest absolute Gasteiger partial charge is 0.317 e. The van der Waals surface area contributed by atoms with E-state index in [1.54, 1.807) is 12.3 Å². The van der Waals surface area contributed by atoms with Gasteiger partial charge in [-0.2, -0.15) is 5.10 Å². The van der Waals surface area contributed by atoms with Crippen LogP contribution >= 0.6 is 23.2 Å². The van der Waals surface area contributed by atoms with Gasteiger partial charge in [-0.3, -0.25) is 4.79 Å². The molecule has 0 saturated heterocycles. The molecule has 33 heavy (non-hydrogen) atoms. The molecule has 0 bridgehead atoms. The van der Waals surface area contributed by atoms with Gasteiger partial charge >= 0.3 is 6.01 Å². The molecular weight excluding hydrogens is 461 g/mol. The molecular formula is C24H21Cl2N5O2. The largest absolute Gasteiger partial charge is 0.453 e. The molecule has 0 radical (unpaired) electrons. The summed E-state index contributed by atoms with van der Waals surface area (Å²) in [6.07, 6.45) is 3.57. The van der Waals surface area contributed by atoms with Crippen LogP contribution in [0.1, 0.15) is 22.5 Å². The van der Waals surface area contributed by atoms with Gasteiger partial charge in [0.15, 0.2) is 6.61 Å². The SMILES string of the molecule is Cc1cc(C)nc(OCC(=O)NN=Cc2cn(Cc3ccc(Cl)cc3Cl)c3ccccc23)n1. The van der Waals surface area contributed by atoms with Gasteiger partial charge in [0.25, 0.3) is 5.91 Å². The first-order valence-corrected chi connectivity index (χ1v) is 10.9. The minimum atomic E-state index is -0.411. The summed E-state index contributed by atoms with van der Waals surface area (Å²) in [4.78, 5) is 20.4. The summed E-state index contributed by atoms with van der Waals surface area (Å²) in [6.45, 7) is 4.00. The average molecular weight is 482 g/mol. The van der Waals surface area contributed by atoms with Crippen molar-refractivity contribution in [3.8, 4) is 6.01 Å². The first-order valence-electron chi connectivity index (χ1n) is 10.2. The Bertz CT molecular complexity index is 1330. The van der Waals surface area contributed by atoms with Crippen LogP contribution in [0.3, 0.4) is 0 Å². The second-order valence-electron chi connectivity index (χ2n) is 7.48. The van der Waals surface area contributed by atoms with Gasteiger partial charge < -0.3 is 9.30 Å². The van der Waals surface area contributed by atoms with E-state index < -0.39 is 5.91 Å². The van der Waals surface area contributed by atoms with Gasteiger partial charge in [-0.15, -0.1) is 0 Å². The molecule has 2 aromatic heterocycles. The number of ether oxygens (including phenoxy) is 1. The molecule has 2 heterocycles. The molecule has 0 saturated carbocycles. The minimum Gasteiger partial charge on any atom is -0.453 e. The Morgan fingerprint density at radius 3 is 2.64 bits per heavy atom. The maximum absolute atomic E-state index is 12.1. The molecule has 4 rings (SSSR count). The van der Waals surface area contributed by atoms with Gasteiger partial charge in [0.05, 0.1) is 6.21 Å². The molecule has 0 aliphatic carbocycles. The molecule has 0 aliphatic rings. The molecule has 0 unspecified atom stereocenters.